The van der Waals surface area contributed by atoms with E-state index in [9.17, 15) is 9.59 Å². The molecule has 0 radical (unpaired) electrons. The smallest absolute Gasteiger partial charge is 0.331 e. The average Bonchev–Trinajstić information content (AvgIpc) is 2.30. The molecule has 0 aromatic carbocycles. The van der Waals surface area contributed by atoms with E-state index < -0.39 is 5.97 Å². The first-order valence-corrected chi connectivity index (χ1v) is 6.13. The van der Waals surface area contributed by atoms with Gasteiger partial charge in [-0.15, -0.1) is 0 Å². The number of carbonyl (C=O) groups is 2. The van der Waals surface area contributed by atoms with Gasteiger partial charge in [-0.25, -0.2) is 4.79 Å². The second-order valence-electron chi connectivity index (χ2n) is 4.61. The van der Waals surface area contributed by atoms with E-state index in [1.165, 1.54) is 13.8 Å². The Morgan fingerprint density at radius 1 is 1.17 bits per heavy atom. The Kier molecular flexibility index (Phi) is 8.03. The summed E-state index contributed by atoms with van der Waals surface area (Å²) in [7, 11) is 0. The van der Waals surface area contributed by atoms with E-state index in [-0.39, 0.29) is 17.1 Å². The van der Waals surface area contributed by atoms with Gasteiger partial charge in [-0.3, -0.25) is 4.79 Å². The highest BCUT2D eigenvalue weighted by molar-refractivity contribution is 6.01. The van der Waals surface area contributed by atoms with Crippen molar-refractivity contribution < 1.29 is 19.4 Å². The van der Waals surface area contributed by atoms with Crippen molar-refractivity contribution in [3.8, 4) is 0 Å². The molecule has 0 aliphatic heterocycles. The van der Waals surface area contributed by atoms with Gasteiger partial charge in [0.2, 0.25) is 5.91 Å². The topological polar surface area (TPSA) is 75.6 Å². The maximum atomic E-state index is 11.5. The van der Waals surface area contributed by atoms with Gasteiger partial charge in [0.1, 0.15) is 0 Å². The molecule has 0 fully saturated rings. The molecule has 0 spiro atoms. The molecule has 0 aromatic heterocycles. The van der Waals surface area contributed by atoms with Crippen LogP contribution >= 0.6 is 0 Å². The summed E-state index contributed by atoms with van der Waals surface area (Å²) in [5, 5.41) is 11.4. The van der Waals surface area contributed by atoms with Gasteiger partial charge in [0.15, 0.2) is 0 Å². The Morgan fingerprint density at radius 2 is 1.78 bits per heavy atom. The first-order chi connectivity index (χ1) is 8.36. The number of hydrogen-bond donors (Lipinski definition) is 2. The molecule has 18 heavy (non-hydrogen) atoms. The van der Waals surface area contributed by atoms with Crippen molar-refractivity contribution in [3.05, 3.63) is 11.1 Å². The van der Waals surface area contributed by atoms with E-state index >= 15 is 0 Å². The van der Waals surface area contributed by atoms with Gasteiger partial charge in [-0.05, 0) is 26.2 Å². The van der Waals surface area contributed by atoms with Crippen LogP contribution in [0.15, 0.2) is 11.1 Å². The molecule has 0 aliphatic rings. The minimum atomic E-state index is -1.07. The van der Waals surface area contributed by atoms with Crippen LogP contribution in [0.5, 0.6) is 0 Å². The number of amides is 1. The van der Waals surface area contributed by atoms with Crippen LogP contribution in [-0.2, 0) is 14.3 Å². The predicted octanol–water partition coefficient (Wildman–Crippen LogP) is 1.59. The summed E-state index contributed by atoms with van der Waals surface area (Å²) < 4.78 is 5.34. The van der Waals surface area contributed by atoms with Crippen LogP contribution < -0.4 is 5.32 Å². The van der Waals surface area contributed by atoms with Crippen LogP contribution in [0.2, 0.25) is 0 Å². The first-order valence-electron chi connectivity index (χ1n) is 6.13. The van der Waals surface area contributed by atoms with E-state index in [1.54, 1.807) is 0 Å². The largest absolute Gasteiger partial charge is 0.478 e. The number of carbonyl (C=O) groups excluding carboxylic acids is 1. The Hall–Kier alpha value is -1.36. The monoisotopic (exact) mass is 257 g/mol. The van der Waals surface area contributed by atoms with Crippen molar-refractivity contribution >= 4 is 11.9 Å². The van der Waals surface area contributed by atoms with Gasteiger partial charge < -0.3 is 15.2 Å². The van der Waals surface area contributed by atoms with Gasteiger partial charge in [0.25, 0.3) is 0 Å². The zero-order valence-corrected chi connectivity index (χ0v) is 11.6. The number of nitrogens with one attached hydrogen (secondary N) is 1. The third kappa shape index (κ3) is 7.06. The van der Waals surface area contributed by atoms with Gasteiger partial charge in [-0.2, -0.15) is 0 Å². The van der Waals surface area contributed by atoms with E-state index in [4.69, 9.17) is 9.84 Å². The van der Waals surface area contributed by atoms with Crippen molar-refractivity contribution in [2.45, 2.75) is 34.1 Å². The number of carboxylic acid groups (broad SMARTS) is 1. The lowest BCUT2D eigenvalue weighted by molar-refractivity contribution is -0.133. The Labute approximate surface area is 108 Å². The zero-order valence-electron chi connectivity index (χ0n) is 11.6. The molecule has 0 unspecified atom stereocenters. The lowest BCUT2D eigenvalue weighted by atomic mass is 10.1. The Balaban J connectivity index is 3.85. The minimum Gasteiger partial charge on any atom is -0.478 e. The van der Waals surface area contributed by atoms with Crippen LogP contribution in [0, 0.1) is 5.92 Å². The first kappa shape index (κ1) is 16.6. The number of rotatable bonds is 8. The lowest BCUT2D eigenvalue weighted by Crippen LogP contribution is -2.29. The van der Waals surface area contributed by atoms with Crippen LogP contribution in [0.25, 0.3) is 0 Å². The molecule has 5 heteroatoms. The molecular weight excluding hydrogens is 234 g/mol. The zero-order chi connectivity index (χ0) is 14.1. The molecule has 0 saturated carbocycles. The summed E-state index contributed by atoms with van der Waals surface area (Å²) in [6, 6.07) is 0. The number of carboxylic acids is 1. The molecule has 0 heterocycles. The fourth-order valence-electron chi connectivity index (χ4n) is 1.12. The number of aliphatic carboxylic acids is 1. The summed E-state index contributed by atoms with van der Waals surface area (Å²) >= 11 is 0. The van der Waals surface area contributed by atoms with Crippen molar-refractivity contribution in [1.29, 1.82) is 0 Å². The third-order valence-corrected chi connectivity index (χ3v) is 2.60. The Morgan fingerprint density at radius 3 is 2.28 bits per heavy atom. The molecule has 0 aromatic rings. The number of hydrogen-bond acceptors (Lipinski definition) is 3. The van der Waals surface area contributed by atoms with E-state index in [0.29, 0.717) is 25.7 Å². The van der Waals surface area contributed by atoms with Crippen molar-refractivity contribution in [2.24, 2.45) is 5.92 Å². The Bertz CT molecular complexity index is 321. The summed E-state index contributed by atoms with van der Waals surface area (Å²) in [5.74, 6) is -0.832. The second kappa shape index (κ2) is 8.69. The van der Waals surface area contributed by atoms with E-state index in [1.807, 2.05) is 0 Å². The SMILES string of the molecule is CC(C(=O)O)=C(C)C(=O)NCCOCCC(C)C. The van der Waals surface area contributed by atoms with Gasteiger partial charge in [0, 0.05) is 24.3 Å². The van der Waals surface area contributed by atoms with Crippen molar-refractivity contribution in [1.82, 2.24) is 5.32 Å². The molecule has 0 aliphatic carbocycles. The number of ether oxygens (including phenoxy) is 1. The molecule has 0 atom stereocenters. The van der Waals surface area contributed by atoms with Crippen LogP contribution in [0.4, 0.5) is 0 Å². The molecule has 5 nitrogen and oxygen atoms in total. The second-order valence-corrected chi connectivity index (χ2v) is 4.61. The normalized spacial score (nSPS) is 12.3. The molecule has 2 N–H and O–H groups in total. The average molecular weight is 257 g/mol. The maximum Gasteiger partial charge on any atom is 0.331 e. The molecule has 1 amide bonds. The van der Waals surface area contributed by atoms with Gasteiger partial charge in [0.05, 0.1) is 6.61 Å². The molecule has 104 valence electrons. The van der Waals surface area contributed by atoms with Crippen LogP contribution in [0.1, 0.15) is 34.1 Å². The molecule has 0 saturated heterocycles. The minimum absolute atomic E-state index is 0.0632. The van der Waals surface area contributed by atoms with Crippen molar-refractivity contribution in [3.63, 3.8) is 0 Å². The summed E-state index contributed by atoms with van der Waals surface area (Å²) in [6.07, 6.45) is 0.991. The summed E-state index contributed by atoms with van der Waals surface area (Å²) in [6.45, 7) is 8.66. The molecular formula is C13H23NO4. The van der Waals surface area contributed by atoms with Crippen LogP contribution in [0.3, 0.4) is 0 Å². The quantitative estimate of drug-likeness (QED) is 0.511. The van der Waals surface area contributed by atoms with Gasteiger partial charge in [-0.1, -0.05) is 13.8 Å². The fraction of sp³-hybridized carbons (Fsp3) is 0.692. The standard InChI is InChI=1S/C13H23NO4/c1-9(2)5-7-18-8-6-14-12(15)10(3)11(4)13(16)17/h9H,5-8H2,1-4H3,(H,14,15)(H,16,17). The molecule has 0 bridgehead atoms. The maximum absolute atomic E-state index is 11.5. The molecule has 0 rings (SSSR count). The van der Waals surface area contributed by atoms with Gasteiger partial charge >= 0.3 is 5.97 Å². The summed E-state index contributed by atoms with van der Waals surface area (Å²) in [5.41, 5.74) is 0.290. The predicted molar refractivity (Wildman–Crippen MR) is 69.3 cm³/mol. The lowest BCUT2D eigenvalue weighted by Gasteiger charge is -2.08. The highest BCUT2D eigenvalue weighted by atomic mass is 16.5. The fourth-order valence-corrected chi connectivity index (χ4v) is 1.12. The summed E-state index contributed by atoms with van der Waals surface area (Å²) in [4.78, 5) is 22.2. The van der Waals surface area contributed by atoms with E-state index in [0.717, 1.165) is 6.42 Å². The van der Waals surface area contributed by atoms with Crippen molar-refractivity contribution in [2.75, 3.05) is 19.8 Å². The third-order valence-electron chi connectivity index (χ3n) is 2.60. The van der Waals surface area contributed by atoms with Crippen LogP contribution in [-0.4, -0.2) is 36.7 Å². The highest BCUT2D eigenvalue weighted by Gasteiger charge is 2.11. The van der Waals surface area contributed by atoms with E-state index in [2.05, 4.69) is 19.2 Å². The highest BCUT2D eigenvalue weighted by Crippen LogP contribution is 2.03.